The second kappa shape index (κ2) is 6.27. The number of carbonyl (C=O) groups excluding carboxylic acids is 1. The van der Waals surface area contributed by atoms with Gasteiger partial charge in [-0.15, -0.1) is 0 Å². The van der Waals surface area contributed by atoms with Gasteiger partial charge >= 0.3 is 0 Å². The van der Waals surface area contributed by atoms with Gasteiger partial charge < -0.3 is 14.8 Å². The second-order valence-corrected chi connectivity index (χ2v) is 3.78. The molecule has 16 heavy (non-hydrogen) atoms. The number of hydrogen-bond donors (Lipinski definition) is 2. The quantitative estimate of drug-likeness (QED) is 0.717. The van der Waals surface area contributed by atoms with Crippen LogP contribution in [0.2, 0.25) is 0 Å². The van der Waals surface area contributed by atoms with Gasteiger partial charge in [0, 0.05) is 13.0 Å². The third-order valence-electron chi connectivity index (χ3n) is 2.20. The normalized spacial score (nSPS) is 12.4. The molecule has 1 heterocycles. The van der Waals surface area contributed by atoms with Gasteiger partial charge in [0.1, 0.15) is 11.8 Å². The third-order valence-corrected chi connectivity index (χ3v) is 2.20. The summed E-state index contributed by atoms with van der Waals surface area (Å²) in [5, 5.41) is 11.4. The second-order valence-electron chi connectivity index (χ2n) is 3.78. The standard InChI is InChI=1S/C11H18N2O3/c1-8-7-12-11(16-8)9(2)13-10(15)5-3-4-6-14/h7,9,14H,3-6H2,1-2H3,(H,13,15). The first-order valence-corrected chi connectivity index (χ1v) is 5.46. The van der Waals surface area contributed by atoms with Crippen LogP contribution in [0.4, 0.5) is 0 Å². The zero-order valence-electron chi connectivity index (χ0n) is 9.69. The summed E-state index contributed by atoms with van der Waals surface area (Å²) in [5.41, 5.74) is 0. The van der Waals surface area contributed by atoms with Gasteiger partial charge in [-0.1, -0.05) is 0 Å². The fraction of sp³-hybridized carbons (Fsp3) is 0.636. The van der Waals surface area contributed by atoms with Crippen molar-refractivity contribution in [1.29, 1.82) is 0 Å². The Morgan fingerprint density at radius 3 is 2.94 bits per heavy atom. The van der Waals surface area contributed by atoms with Gasteiger partial charge in [-0.3, -0.25) is 4.79 Å². The number of rotatable bonds is 6. The van der Waals surface area contributed by atoms with Gasteiger partial charge in [-0.05, 0) is 26.7 Å². The summed E-state index contributed by atoms with van der Waals surface area (Å²) in [7, 11) is 0. The molecule has 5 heteroatoms. The molecule has 1 atom stereocenters. The highest BCUT2D eigenvalue weighted by Gasteiger charge is 2.13. The molecule has 0 aliphatic carbocycles. The Labute approximate surface area is 94.9 Å². The minimum Gasteiger partial charge on any atom is -0.444 e. The van der Waals surface area contributed by atoms with E-state index >= 15 is 0 Å². The van der Waals surface area contributed by atoms with Crippen molar-refractivity contribution < 1.29 is 14.3 Å². The molecule has 0 aromatic carbocycles. The summed E-state index contributed by atoms with van der Waals surface area (Å²) < 4.78 is 5.31. The maximum absolute atomic E-state index is 11.4. The summed E-state index contributed by atoms with van der Waals surface area (Å²) in [6, 6.07) is -0.213. The van der Waals surface area contributed by atoms with Gasteiger partial charge in [-0.2, -0.15) is 0 Å². The monoisotopic (exact) mass is 226 g/mol. The predicted octanol–water partition coefficient (Wildman–Crippen LogP) is 1.32. The fourth-order valence-corrected chi connectivity index (χ4v) is 1.35. The van der Waals surface area contributed by atoms with E-state index in [1.807, 2.05) is 13.8 Å². The summed E-state index contributed by atoms with van der Waals surface area (Å²) >= 11 is 0. The minimum absolute atomic E-state index is 0.0446. The zero-order chi connectivity index (χ0) is 12.0. The lowest BCUT2D eigenvalue weighted by molar-refractivity contribution is -0.122. The van der Waals surface area contributed by atoms with Crippen LogP contribution >= 0.6 is 0 Å². The Bertz CT molecular complexity index is 336. The molecule has 1 amide bonds. The lowest BCUT2D eigenvalue weighted by Gasteiger charge is -2.09. The first-order chi connectivity index (χ1) is 7.63. The number of aromatic nitrogens is 1. The predicted molar refractivity (Wildman–Crippen MR) is 58.7 cm³/mol. The number of unbranched alkanes of at least 4 members (excludes halogenated alkanes) is 1. The minimum atomic E-state index is -0.213. The van der Waals surface area contributed by atoms with Crippen molar-refractivity contribution in [3.8, 4) is 0 Å². The van der Waals surface area contributed by atoms with Gasteiger partial charge in [0.2, 0.25) is 11.8 Å². The molecule has 5 nitrogen and oxygen atoms in total. The van der Waals surface area contributed by atoms with E-state index in [4.69, 9.17) is 9.52 Å². The number of aliphatic hydroxyl groups excluding tert-OH is 1. The van der Waals surface area contributed by atoms with Crippen molar-refractivity contribution in [3.63, 3.8) is 0 Å². The Kier molecular flexibility index (Phi) is 4.98. The highest BCUT2D eigenvalue weighted by atomic mass is 16.4. The number of amides is 1. The molecule has 1 rings (SSSR count). The maximum Gasteiger partial charge on any atom is 0.220 e. The zero-order valence-corrected chi connectivity index (χ0v) is 9.69. The van der Waals surface area contributed by atoms with E-state index in [2.05, 4.69) is 10.3 Å². The Morgan fingerprint density at radius 2 is 2.38 bits per heavy atom. The van der Waals surface area contributed by atoms with Crippen LogP contribution in [0.3, 0.4) is 0 Å². The molecule has 1 unspecified atom stereocenters. The molecule has 0 spiro atoms. The smallest absolute Gasteiger partial charge is 0.220 e. The number of carbonyl (C=O) groups is 1. The van der Waals surface area contributed by atoms with E-state index in [0.717, 1.165) is 5.76 Å². The molecule has 90 valence electrons. The number of nitrogens with zero attached hydrogens (tertiary/aromatic N) is 1. The van der Waals surface area contributed by atoms with Crippen molar-refractivity contribution in [2.75, 3.05) is 6.61 Å². The molecule has 1 aromatic rings. The van der Waals surface area contributed by atoms with Crippen LogP contribution in [0, 0.1) is 6.92 Å². The number of hydrogen-bond acceptors (Lipinski definition) is 4. The van der Waals surface area contributed by atoms with Crippen molar-refractivity contribution in [2.45, 2.75) is 39.2 Å². The van der Waals surface area contributed by atoms with Crippen molar-refractivity contribution in [1.82, 2.24) is 10.3 Å². The SMILES string of the molecule is Cc1cnc(C(C)NC(=O)CCCCO)o1. The Morgan fingerprint density at radius 1 is 1.62 bits per heavy atom. The third kappa shape index (κ3) is 4.02. The van der Waals surface area contributed by atoms with Gasteiger partial charge in [0.05, 0.1) is 6.20 Å². The van der Waals surface area contributed by atoms with E-state index in [1.165, 1.54) is 0 Å². The summed E-state index contributed by atoms with van der Waals surface area (Å²) in [4.78, 5) is 15.5. The number of aryl methyl sites for hydroxylation is 1. The Hall–Kier alpha value is -1.36. The summed E-state index contributed by atoms with van der Waals surface area (Å²) in [5.74, 6) is 1.21. The van der Waals surface area contributed by atoms with Crippen molar-refractivity contribution in [3.05, 3.63) is 17.8 Å². The van der Waals surface area contributed by atoms with Crippen LogP contribution in [0.1, 0.15) is 43.9 Å². The fourth-order valence-electron chi connectivity index (χ4n) is 1.35. The summed E-state index contributed by atoms with van der Waals surface area (Å²) in [6.07, 6.45) is 3.40. The molecule has 0 saturated carbocycles. The van der Waals surface area contributed by atoms with Crippen LogP contribution < -0.4 is 5.32 Å². The Balaban J connectivity index is 2.33. The van der Waals surface area contributed by atoms with Crippen LogP contribution in [0.25, 0.3) is 0 Å². The maximum atomic E-state index is 11.4. The van der Waals surface area contributed by atoms with Gasteiger partial charge in [0.25, 0.3) is 0 Å². The van der Waals surface area contributed by atoms with Crippen LogP contribution in [0.5, 0.6) is 0 Å². The van der Waals surface area contributed by atoms with E-state index in [0.29, 0.717) is 25.2 Å². The molecule has 0 aliphatic rings. The van der Waals surface area contributed by atoms with Crippen LogP contribution in [0.15, 0.2) is 10.6 Å². The lowest BCUT2D eigenvalue weighted by atomic mass is 10.2. The molecule has 0 bridgehead atoms. The van der Waals surface area contributed by atoms with Crippen molar-refractivity contribution >= 4 is 5.91 Å². The van der Waals surface area contributed by atoms with E-state index < -0.39 is 0 Å². The average Bonchev–Trinajstić information content (AvgIpc) is 2.65. The van der Waals surface area contributed by atoms with Gasteiger partial charge in [0.15, 0.2) is 0 Å². The highest BCUT2D eigenvalue weighted by molar-refractivity contribution is 5.76. The molecule has 1 aromatic heterocycles. The molecule has 0 fully saturated rings. The van der Waals surface area contributed by atoms with E-state index in [9.17, 15) is 4.79 Å². The largest absolute Gasteiger partial charge is 0.444 e. The molecular formula is C11H18N2O3. The number of aliphatic hydroxyl groups is 1. The highest BCUT2D eigenvalue weighted by Crippen LogP contribution is 2.12. The molecule has 0 radical (unpaired) electrons. The molecular weight excluding hydrogens is 208 g/mol. The lowest BCUT2D eigenvalue weighted by Crippen LogP contribution is -2.26. The van der Waals surface area contributed by atoms with E-state index in [-0.39, 0.29) is 18.6 Å². The molecule has 2 N–H and O–H groups in total. The summed E-state index contributed by atoms with van der Waals surface area (Å²) in [6.45, 7) is 3.77. The topological polar surface area (TPSA) is 75.4 Å². The molecule has 0 aliphatic heterocycles. The van der Waals surface area contributed by atoms with Crippen molar-refractivity contribution in [2.24, 2.45) is 0 Å². The van der Waals surface area contributed by atoms with E-state index in [1.54, 1.807) is 6.20 Å². The van der Waals surface area contributed by atoms with Crippen LogP contribution in [-0.4, -0.2) is 22.6 Å². The van der Waals surface area contributed by atoms with Gasteiger partial charge in [-0.25, -0.2) is 4.98 Å². The molecule has 0 saturated heterocycles. The number of nitrogens with one attached hydrogen (secondary N) is 1. The first-order valence-electron chi connectivity index (χ1n) is 5.46. The van der Waals surface area contributed by atoms with Crippen LogP contribution in [-0.2, 0) is 4.79 Å². The number of oxazole rings is 1. The average molecular weight is 226 g/mol. The first kappa shape index (κ1) is 12.7.